The highest BCUT2D eigenvalue weighted by atomic mass is 35.5. The van der Waals surface area contributed by atoms with E-state index in [9.17, 15) is 9.18 Å². The molecule has 1 saturated heterocycles. The molecule has 0 bridgehead atoms. The Morgan fingerprint density at radius 1 is 1.26 bits per heavy atom. The highest BCUT2D eigenvalue weighted by Crippen LogP contribution is 2.38. The first-order valence-electron chi connectivity index (χ1n) is 10.9. The van der Waals surface area contributed by atoms with Gasteiger partial charge in [0.25, 0.3) is 0 Å². The summed E-state index contributed by atoms with van der Waals surface area (Å²) in [5.74, 6) is -0.371. The standard InChI is InChI=1S/C24H37ClFNO3Si/c1-23(2,3)30-22(28)27-12-11-17(13-18-9-10-20(25)14-21(18)26)19(15-27)16-29-31(7,8)24(4,5)6/h9-10,13-14,19H,11-12,15-16H2,1-8H3/b17-13-. The predicted molar refractivity (Wildman–Crippen MR) is 128 cm³/mol. The van der Waals surface area contributed by atoms with E-state index < -0.39 is 13.9 Å². The van der Waals surface area contributed by atoms with Gasteiger partial charge in [-0.3, -0.25) is 0 Å². The van der Waals surface area contributed by atoms with Crippen LogP contribution in [-0.4, -0.2) is 44.6 Å². The van der Waals surface area contributed by atoms with Crippen molar-refractivity contribution in [2.24, 2.45) is 5.92 Å². The number of likely N-dealkylation sites (tertiary alicyclic amines) is 1. The van der Waals surface area contributed by atoms with Crippen LogP contribution in [0, 0.1) is 11.7 Å². The maximum Gasteiger partial charge on any atom is 0.410 e. The molecule has 1 aromatic carbocycles. The van der Waals surface area contributed by atoms with E-state index >= 15 is 0 Å². The predicted octanol–water partition coefficient (Wildman–Crippen LogP) is 7.14. The Kier molecular flexibility index (Phi) is 8.04. The average molecular weight is 470 g/mol. The minimum Gasteiger partial charge on any atom is -0.444 e. The molecule has 1 unspecified atom stereocenters. The molecular formula is C24H37ClFNO3Si. The van der Waals surface area contributed by atoms with Crippen molar-refractivity contribution in [2.75, 3.05) is 19.7 Å². The summed E-state index contributed by atoms with van der Waals surface area (Å²) in [7, 11) is -1.97. The van der Waals surface area contributed by atoms with E-state index in [1.54, 1.807) is 17.0 Å². The van der Waals surface area contributed by atoms with Gasteiger partial charge in [-0.15, -0.1) is 0 Å². The number of halogens is 2. The van der Waals surface area contributed by atoms with Crippen molar-refractivity contribution in [2.45, 2.75) is 71.7 Å². The second kappa shape index (κ2) is 9.63. The molecule has 0 saturated carbocycles. The number of rotatable bonds is 4. The number of amides is 1. The monoisotopic (exact) mass is 469 g/mol. The molecule has 1 heterocycles. The number of piperidine rings is 1. The molecule has 0 spiro atoms. The summed E-state index contributed by atoms with van der Waals surface area (Å²) in [6, 6.07) is 4.70. The lowest BCUT2D eigenvalue weighted by molar-refractivity contribution is 0.0184. The van der Waals surface area contributed by atoms with E-state index in [4.69, 9.17) is 20.8 Å². The third kappa shape index (κ3) is 7.33. The summed E-state index contributed by atoms with van der Waals surface area (Å²) < 4.78 is 26.5. The Morgan fingerprint density at radius 2 is 1.90 bits per heavy atom. The zero-order valence-corrected chi connectivity index (χ0v) is 21.9. The molecule has 1 aliphatic rings. The summed E-state index contributed by atoms with van der Waals surface area (Å²) in [6.07, 6.45) is 2.21. The van der Waals surface area contributed by atoms with Crippen molar-refractivity contribution >= 4 is 32.1 Å². The van der Waals surface area contributed by atoms with Crippen molar-refractivity contribution in [1.82, 2.24) is 4.90 Å². The first kappa shape index (κ1) is 25.9. The normalized spacial score (nSPS) is 19.6. The van der Waals surface area contributed by atoms with Crippen LogP contribution in [0.5, 0.6) is 0 Å². The lowest BCUT2D eigenvalue weighted by Crippen LogP contribution is -2.47. The van der Waals surface area contributed by atoms with Crippen LogP contribution in [0.1, 0.15) is 53.5 Å². The van der Waals surface area contributed by atoms with Gasteiger partial charge in [-0.05, 0) is 57.5 Å². The topological polar surface area (TPSA) is 38.8 Å². The minimum absolute atomic E-state index is 0.0227. The first-order valence-corrected chi connectivity index (χ1v) is 14.1. The Balaban J connectivity index is 2.27. The molecule has 31 heavy (non-hydrogen) atoms. The third-order valence-corrected chi connectivity index (χ3v) is 10.8. The van der Waals surface area contributed by atoms with Gasteiger partial charge < -0.3 is 14.1 Å². The van der Waals surface area contributed by atoms with Crippen molar-refractivity contribution < 1.29 is 18.3 Å². The largest absolute Gasteiger partial charge is 0.444 e. The van der Waals surface area contributed by atoms with Gasteiger partial charge >= 0.3 is 6.09 Å². The van der Waals surface area contributed by atoms with Crippen molar-refractivity contribution in [1.29, 1.82) is 0 Å². The van der Waals surface area contributed by atoms with Crippen molar-refractivity contribution in [3.05, 3.63) is 40.2 Å². The lowest BCUT2D eigenvalue weighted by Gasteiger charge is -2.40. The molecule has 4 nitrogen and oxygen atoms in total. The van der Waals surface area contributed by atoms with Gasteiger partial charge in [-0.2, -0.15) is 0 Å². The number of carbonyl (C=O) groups excluding carboxylic acids is 1. The quantitative estimate of drug-likeness (QED) is 0.440. The number of carbonyl (C=O) groups is 1. The molecule has 174 valence electrons. The maximum absolute atomic E-state index is 14.4. The molecule has 2 rings (SSSR count). The van der Waals surface area contributed by atoms with E-state index in [1.807, 2.05) is 26.8 Å². The summed E-state index contributed by atoms with van der Waals surface area (Å²) in [5.41, 5.74) is 1.04. The van der Waals surface area contributed by atoms with Crippen LogP contribution in [0.15, 0.2) is 23.8 Å². The second-order valence-corrected chi connectivity index (χ2v) is 16.1. The van der Waals surface area contributed by atoms with Crippen LogP contribution in [0.2, 0.25) is 23.2 Å². The molecule has 0 aliphatic carbocycles. The van der Waals surface area contributed by atoms with E-state index in [2.05, 4.69) is 33.9 Å². The van der Waals surface area contributed by atoms with E-state index in [0.29, 0.717) is 36.7 Å². The number of ether oxygens (including phenoxy) is 1. The van der Waals surface area contributed by atoms with E-state index in [-0.39, 0.29) is 22.9 Å². The SMILES string of the molecule is CC(C)(C)OC(=O)N1CC/C(=C/c2ccc(Cl)cc2F)C(CO[Si](C)(C)C(C)(C)C)C1. The zero-order chi connectivity index (χ0) is 23.6. The highest BCUT2D eigenvalue weighted by Gasteiger charge is 2.39. The summed E-state index contributed by atoms with van der Waals surface area (Å²) in [4.78, 5) is 14.4. The van der Waals surface area contributed by atoms with Crippen LogP contribution < -0.4 is 0 Å². The summed E-state index contributed by atoms with van der Waals surface area (Å²) >= 11 is 5.90. The fourth-order valence-corrected chi connectivity index (χ4v) is 4.34. The smallest absolute Gasteiger partial charge is 0.410 e. The average Bonchev–Trinajstić information content (AvgIpc) is 2.60. The van der Waals surface area contributed by atoms with Crippen LogP contribution >= 0.6 is 11.6 Å². The third-order valence-electron chi connectivity index (χ3n) is 6.04. The van der Waals surface area contributed by atoms with Crippen molar-refractivity contribution in [3.8, 4) is 0 Å². The molecule has 1 fully saturated rings. The first-order chi connectivity index (χ1) is 14.1. The number of nitrogens with zero attached hydrogens (tertiary/aromatic N) is 1. The van der Waals surface area contributed by atoms with Crippen LogP contribution in [0.3, 0.4) is 0 Å². The fourth-order valence-electron chi connectivity index (χ4n) is 3.13. The molecule has 0 N–H and O–H groups in total. The molecule has 0 radical (unpaired) electrons. The molecule has 1 atom stereocenters. The molecule has 1 amide bonds. The Hall–Kier alpha value is -1.37. The Labute approximate surface area is 192 Å². The summed E-state index contributed by atoms with van der Waals surface area (Å²) in [5, 5.41) is 0.454. The van der Waals surface area contributed by atoms with Crippen molar-refractivity contribution in [3.63, 3.8) is 0 Å². The molecule has 1 aliphatic heterocycles. The van der Waals surface area contributed by atoms with E-state index in [1.165, 1.54) is 6.07 Å². The number of benzene rings is 1. The van der Waals surface area contributed by atoms with Crippen LogP contribution in [0.4, 0.5) is 9.18 Å². The van der Waals surface area contributed by atoms with Gasteiger partial charge in [0.15, 0.2) is 8.32 Å². The maximum atomic E-state index is 14.4. The van der Waals surface area contributed by atoms with Gasteiger partial charge in [0.1, 0.15) is 11.4 Å². The Bertz CT molecular complexity index is 827. The van der Waals surface area contributed by atoms with Gasteiger partial charge in [0.2, 0.25) is 0 Å². The fraction of sp³-hybridized carbons (Fsp3) is 0.625. The van der Waals surface area contributed by atoms with Gasteiger partial charge in [0.05, 0.1) is 0 Å². The van der Waals surface area contributed by atoms with Crippen LogP contribution in [0.25, 0.3) is 6.08 Å². The van der Waals surface area contributed by atoms with Gasteiger partial charge in [-0.25, -0.2) is 9.18 Å². The minimum atomic E-state index is -1.97. The highest BCUT2D eigenvalue weighted by molar-refractivity contribution is 6.74. The van der Waals surface area contributed by atoms with Gasteiger partial charge in [0, 0.05) is 36.2 Å². The lowest BCUT2D eigenvalue weighted by atomic mass is 9.90. The Morgan fingerprint density at radius 3 is 2.45 bits per heavy atom. The second-order valence-electron chi connectivity index (χ2n) is 10.8. The van der Waals surface area contributed by atoms with Gasteiger partial charge in [-0.1, -0.05) is 50.1 Å². The zero-order valence-electron chi connectivity index (χ0n) is 20.1. The number of hydrogen-bond acceptors (Lipinski definition) is 3. The van der Waals surface area contributed by atoms with Crippen LogP contribution in [-0.2, 0) is 9.16 Å². The molecule has 0 aromatic heterocycles. The molecule has 7 heteroatoms. The van der Waals surface area contributed by atoms with E-state index in [0.717, 1.165) is 5.57 Å². The number of hydrogen-bond donors (Lipinski definition) is 0. The molecular weight excluding hydrogens is 433 g/mol. The molecule has 1 aromatic rings. The summed E-state index contributed by atoms with van der Waals surface area (Å²) in [6.45, 7) is 18.1.